The molecule has 1 N–H and O–H groups in total. The number of rotatable bonds is 5. The van der Waals surface area contributed by atoms with E-state index in [1.165, 1.54) is 0 Å². The molecule has 1 unspecified atom stereocenters. The van der Waals surface area contributed by atoms with Crippen molar-refractivity contribution in [1.29, 1.82) is 0 Å². The summed E-state index contributed by atoms with van der Waals surface area (Å²) in [6, 6.07) is 0. The van der Waals surface area contributed by atoms with E-state index in [0.717, 1.165) is 38.9 Å². The van der Waals surface area contributed by atoms with Gasteiger partial charge in [0.2, 0.25) is 5.91 Å². The molecule has 2 rings (SSSR count). The summed E-state index contributed by atoms with van der Waals surface area (Å²) in [5.74, 6) is 0.198. The van der Waals surface area contributed by atoms with E-state index in [-0.39, 0.29) is 17.9 Å². The summed E-state index contributed by atoms with van der Waals surface area (Å²) in [4.78, 5) is 27.8. The molecule has 0 saturated carbocycles. The molecule has 0 aromatic heterocycles. The normalized spacial score (nSPS) is 23.9. The number of nitrogens with zero attached hydrogens (tertiary/aromatic N) is 2. The molecule has 1 atom stereocenters. The van der Waals surface area contributed by atoms with Gasteiger partial charge in [-0.2, -0.15) is 0 Å². The van der Waals surface area contributed by atoms with Gasteiger partial charge >= 0.3 is 0 Å². The number of ether oxygens (including phenoxy) is 1. The van der Waals surface area contributed by atoms with Crippen LogP contribution in [0.4, 0.5) is 0 Å². The first-order chi connectivity index (χ1) is 9.70. The molecule has 2 fully saturated rings. The highest BCUT2D eigenvalue weighted by molar-refractivity contribution is 5.81. The molecule has 2 heterocycles. The first-order valence-corrected chi connectivity index (χ1v) is 7.60. The zero-order valence-electron chi connectivity index (χ0n) is 12.3. The van der Waals surface area contributed by atoms with E-state index in [4.69, 9.17) is 4.74 Å². The Balaban J connectivity index is 1.69. The maximum absolute atomic E-state index is 12.2. The minimum absolute atomic E-state index is 0.0748. The number of piperazine rings is 1. The van der Waals surface area contributed by atoms with Crippen LogP contribution in [0.2, 0.25) is 0 Å². The average Bonchev–Trinajstić information content (AvgIpc) is 2.99. The van der Waals surface area contributed by atoms with Crippen LogP contribution in [0.5, 0.6) is 0 Å². The van der Waals surface area contributed by atoms with Crippen molar-refractivity contribution in [3.05, 3.63) is 0 Å². The Morgan fingerprint density at radius 3 is 2.60 bits per heavy atom. The van der Waals surface area contributed by atoms with Gasteiger partial charge in [0, 0.05) is 39.3 Å². The molecule has 0 spiro atoms. The first kappa shape index (κ1) is 15.3. The molecule has 114 valence electrons. The minimum Gasteiger partial charge on any atom is -0.368 e. The lowest BCUT2D eigenvalue weighted by Gasteiger charge is -2.35. The highest BCUT2D eigenvalue weighted by atomic mass is 16.5. The molecular formula is C14H25N3O3. The summed E-state index contributed by atoms with van der Waals surface area (Å²) < 4.78 is 5.43. The maximum Gasteiger partial charge on any atom is 0.251 e. The van der Waals surface area contributed by atoms with Gasteiger partial charge in [0.15, 0.2) is 0 Å². The number of hydrogen-bond donors (Lipinski definition) is 1. The Morgan fingerprint density at radius 2 is 2.00 bits per heavy atom. The van der Waals surface area contributed by atoms with Crippen molar-refractivity contribution in [2.24, 2.45) is 0 Å². The van der Waals surface area contributed by atoms with Crippen LogP contribution in [0, 0.1) is 0 Å². The van der Waals surface area contributed by atoms with Gasteiger partial charge < -0.3 is 15.0 Å². The van der Waals surface area contributed by atoms with Crippen LogP contribution in [0.15, 0.2) is 0 Å². The van der Waals surface area contributed by atoms with Gasteiger partial charge in [0.05, 0.1) is 6.54 Å². The fraction of sp³-hybridized carbons (Fsp3) is 0.857. The second-order valence-electron chi connectivity index (χ2n) is 5.45. The summed E-state index contributed by atoms with van der Waals surface area (Å²) in [7, 11) is 0. The number of carbonyl (C=O) groups excluding carboxylic acids is 2. The molecule has 20 heavy (non-hydrogen) atoms. The quantitative estimate of drug-likeness (QED) is 0.761. The molecular weight excluding hydrogens is 258 g/mol. The van der Waals surface area contributed by atoms with E-state index in [1.54, 1.807) is 0 Å². The monoisotopic (exact) mass is 283 g/mol. The topological polar surface area (TPSA) is 61.9 Å². The van der Waals surface area contributed by atoms with Gasteiger partial charge in [-0.25, -0.2) is 0 Å². The van der Waals surface area contributed by atoms with Crippen molar-refractivity contribution < 1.29 is 14.3 Å². The summed E-state index contributed by atoms with van der Waals surface area (Å²) in [6.07, 6.45) is 2.55. The fourth-order valence-electron chi connectivity index (χ4n) is 2.63. The van der Waals surface area contributed by atoms with Crippen molar-refractivity contribution in [1.82, 2.24) is 15.1 Å². The molecule has 2 amide bonds. The molecule has 0 aromatic rings. The second kappa shape index (κ2) is 7.59. The SMILES string of the molecule is CCCNC(=O)CN1CCN(C(=O)C2CCCO2)CC1. The predicted molar refractivity (Wildman–Crippen MR) is 75.3 cm³/mol. The number of hydrogen-bond acceptors (Lipinski definition) is 4. The molecule has 0 aliphatic carbocycles. The van der Waals surface area contributed by atoms with Crippen LogP contribution in [-0.2, 0) is 14.3 Å². The Morgan fingerprint density at radius 1 is 1.25 bits per heavy atom. The van der Waals surface area contributed by atoms with Crippen LogP contribution in [-0.4, -0.2) is 73.6 Å². The smallest absolute Gasteiger partial charge is 0.251 e. The third-order valence-corrected chi connectivity index (χ3v) is 3.83. The van der Waals surface area contributed by atoms with Crippen molar-refractivity contribution in [3.63, 3.8) is 0 Å². The van der Waals surface area contributed by atoms with E-state index in [1.807, 2.05) is 11.8 Å². The van der Waals surface area contributed by atoms with Gasteiger partial charge in [-0.05, 0) is 19.3 Å². The Hall–Kier alpha value is -1.14. The number of carbonyl (C=O) groups is 2. The van der Waals surface area contributed by atoms with Crippen molar-refractivity contribution >= 4 is 11.8 Å². The van der Waals surface area contributed by atoms with Crippen molar-refractivity contribution in [2.75, 3.05) is 45.9 Å². The largest absolute Gasteiger partial charge is 0.368 e. The van der Waals surface area contributed by atoms with E-state index in [9.17, 15) is 9.59 Å². The predicted octanol–water partition coefficient (Wildman–Crippen LogP) is -0.164. The standard InChI is InChI=1S/C14H25N3O3/c1-2-5-15-13(18)11-16-6-8-17(9-7-16)14(19)12-4-3-10-20-12/h12H,2-11H2,1H3,(H,15,18). The lowest BCUT2D eigenvalue weighted by atomic mass is 10.2. The molecule has 2 aliphatic heterocycles. The molecule has 0 aromatic carbocycles. The van der Waals surface area contributed by atoms with Crippen LogP contribution < -0.4 is 5.32 Å². The lowest BCUT2D eigenvalue weighted by molar-refractivity contribution is -0.142. The summed E-state index contributed by atoms with van der Waals surface area (Å²) in [6.45, 7) is 6.82. The minimum atomic E-state index is -0.227. The summed E-state index contributed by atoms with van der Waals surface area (Å²) >= 11 is 0. The number of amides is 2. The zero-order chi connectivity index (χ0) is 14.4. The fourth-order valence-corrected chi connectivity index (χ4v) is 2.63. The Kier molecular flexibility index (Phi) is 5.79. The van der Waals surface area contributed by atoms with Gasteiger partial charge in [0.25, 0.3) is 5.91 Å². The highest BCUT2D eigenvalue weighted by Gasteiger charge is 2.30. The van der Waals surface area contributed by atoms with Gasteiger partial charge in [-0.3, -0.25) is 14.5 Å². The van der Waals surface area contributed by atoms with E-state index >= 15 is 0 Å². The molecule has 6 nitrogen and oxygen atoms in total. The Labute approximate surface area is 120 Å². The summed E-state index contributed by atoms with van der Waals surface area (Å²) in [5, 5.41) is 2.88. The third kappa shape index (κ3) is 4.18. The molecule has 0 bridgehead atoms. The van der Waals surface area contributed by atoms with E-state index in [2.05, 4.69) is 10.2 Å². The first-order valence-electron chi connectivity index (χ1n) is 7.60. The molecule has 2 aliphatic rings. The molecule has 6 heteroatoms. The number of nitrogens with one attached hydrogen (secondary N) is 1. The Bertz CT molecular complexity index is 335. The molecule has 0 radical (unpaired) electrons. The van der Waals surface area contributed by atoms with Crippen molar-refractivity contribution in [3.8, 4) is 0 Å². The van der Waals surface area contributed by atoms with Crippen molar-refractivity contribution in [2.45, 2.75) is 32.3 Å². The zero-order valence-corrected chi connectivity index (χ0v) is 12.3. The van der Waals surface area contributed by atoms with Gasteiger partial charge in [0.1, 0.15) is 6.10 Å². The van der Waals surface area contributed by atoms with E-state index < -0.39 is 0 Å². The van der Waals surface area contributed by atoms with Crippen LogP contribution in [0.3, 0.4) is 0 Å². The molecule has 2 saturated heterocycles. The lowest BCUT2D eigenvalue weighted by Crippen LogP contribution is -2.53. The second-order valence-corrected chi connectivity index (χ2v) is 5.45. The van der Waals surface area contributed by atoms with Crippen LogP contribution in [0.1, 0.15) is 26.2 Å². The third-order valence-electron chi connectivity index (χ3n) is 3.83. The average molecular weight is 283 g/mol. The van der Waals surface area contributed by atoms with Gasteiger partial charge in [-0.15, -0.1) is 0 Å². The highest BCUT2D eigenvalue weighted by Crippen LogP contribution is 2.15. The van der Waals surface area contributed by atoms with E-state index in [0.29, 0.717) is 26.2 Å². The maximum atomic E-state index is 12.2. The van der Waals surface area contributed by atoms with Crippen LogP contribution >= 0.6 is 0 Å². The van der Waals surface area contributed by atoms with Crippen LogP contribution in [0.25, 0.3) is 0 Å². The summed E-state index contributed by atoms with van der Waals surface area (Å²) in [5.41, 5.74) is 0. The van der Waals surface area contributed by atoms with Gasteiger partial charge in [-0.1, -0.05) is 6.92 Å².